The number of nitrogens with one attached hydrogen (secondary N) is 1. The first kappa shape index (κ1) is 14.0. The van der Waals surface area contributed by atoms with Crippen LogP contribution in [-0.2, 0) is 6.42 Å². The average molecular weight is 284 g/mol. The second-order valence-electron chi connectivity index (χ2n) is 4.21. The average Bonchev–Trinajstić information content (AvgIpc) is 2.83. The molecule has 1 aromatic heterocycles. The fourth-order valence-corrected chi connectivity index (χ4v) is 2.05. The maximum Gasteiger partial charge on any atom is 0.243 e. The van der Waals surface area contributed by atoms with E-state index in [0.29, 0.717) is 23.2 Å². The van der Waals surface area contributed by atoms with Gasteiger partial charge in [-0.2, -0.15) is 4.98 Å². The highest BCUT2D eigenvalue weighted by Crippen LogP contribution is 2.20. The molecular formula is C13H15ClFN3O. The van der Waals surface area contributed by atoms with Crippen molar-refractivity contribution >= 4 is 11.6 Å². The maximum absolute atomic E-state index is 12.9. The van der Waals surface area contributed by atoms with Gasteiger partial charge in [0.2, 0.25) is 5.89 Å². The van der Waals surface area contributed by atoms with E-state index in [2.05, 4.69) is 15.5 Å². The molecule has 0 aliphatic rings. The molecule has 0 spiro atoms. The molecule has 0 aliphatic carbocycles. The molecule has 1 heterocycles. The molecule has 2 rings (SSSR count). The van der Waals surface area contributed by atoms with Crippen LogP contribution in [0.25, 0.3) is 0 Å². The van der Waals surface area contributed by atoms with Gasteiger partial charge >= 0.3 is 0 Å². The molecule has 0 aliphatic heterocycles. The third kappa shape index (κ3) is 3.30. The van der Waals surface area contributed by atoms with Gasteiger partial charge in [0.1, 0.15) is 5.82 Å². The summed E-state index contributed by atoms with van der Waals surface area (Å²) >= 11 is 5.96. The second-order valence-corrected chi connectivity index (χ2v) is 4.62. The van der Waals surface area contributed by atoms with Crippen molar-refractivity contribution in [3.63, 3.8) is 0 Å². The summed E-state index contributed by atoms with van der Waals surface area (Å²) in [5.74, 6) is 0.735. The summed E-state index contributed by atoms with van der Waals surface area (Å²) in [6.07, 6.45) is 1.28. The van der Waals surface area contributed by atoms with Crippen LogP contribution < -0.4 is 5.32 Å². The summed E-state index contributed by atoms with van der Waals surface area (Å²) in [4.78, 5) is 4.32. The van der Waals surface area contributed by atoms with Gasteiger partial charge in [-0.3, -0.25) is 0 Å². The molecule has 0 saturated carbocycles. The number of nitrogens with zero attached hydrogens (tertiary/aromatic N) is 2. The standard InChI is InChI=1S/C13H15ClFN3O/c1-3-11(16-2)13-17-12(18-19-13)6-8-4-5-9(15)7-10(8)14/h4-5,7,11,16H,3,6H2,1-2H3. The Labute approximate surface area is 116 Å². The van der Waals surface area contributed by atoms with Gasteiger partial charge in [-0.1, -0.05) is 29.7 Å². The van der Waals surface area contributed by atoms with Crippen LogP contribution in [0.1, 0.15) is 36.7 Å². The molecule has 1 aromatic carbocycles. The van der Waals surface area contributed by atoms with E-state index in [0.717, 1.165) is 12.0 Å². The van der Waals surface area contributed by atoms with Gasteiger partial charge in [0, 0.05) is 11.4 Å². The van der Waals surface area contributed by atoms with E-state index >= 15 is 0 Å². The second kappa shape index (κ2) is 6.12. The largest absolute Gasteiger partial charge is 0.338 e. The first-order valence-corrected chi connectivity index (χ1v) is 6.45. The lowest BCUT2D eigenvalue weighted by Crippen LogP contribution is -2.15. The molecule has 19 heavy (non-hydrogen) atoms. The maximum atomic E-state index is 12.9. The molecule has 2 aromatic rings. The summed E-state index contributed by atoms with van der Waals surface area (Å²) in [6.45, 7) is 2.03. The molecule has 102 valence electrons. The molecular weight excluding hydrogens is 269 g/mol. The van der Waals surface area contributed by atoms with E-state index in [1.165, 1.54) is 12.1 Å². The van der Waals surface area contributed by atoms with Crippen LogP contribution in [0, 0.1) is 5.82 Å². The summed E-state index contributed by atoms with van der Waals surface area (Å²) in [7, 11) is 1.84. The zero-order chi connectivity index (χ0) is 13.8. The van der Waals surface area contributed by atoms with Crippen molar-refractivity contribution in [3.8, 4) is 0 Å². The molecule has 4 nitrogen and oxygen atoms in total. The first-order chi connectivity index (χ1) is 9.13. The van der Waals surface area contributed by atoms with Gasteiger partial charge < -0.3 is 9.84 Å². The topological polar surface area (TPSA) is 51.0 Å². The third-order valence-electron chi connectivity index (χ3n) is 2.90. The van der Waals surface area contributed by atoms with Crippen LogP contribution in [0.3, 0.4) is 0 Å². The third-order valence-corrected chi connectivity index (χ3v) is 3.25. The fourth-order valence-electron chi connectivity index (χ4n) is 1.82. The predicted molar refractivity (Wildman–Crippen MR) is 70.6 cm³/mol. The number of aromatic nitrogens is 2. The smallest absolute Gasteiger partial charge is 0.243 e. The lowest BCUT2D eigenvalue weighted by molar-refractivity contribution is 0.331. The van der Waals surface area contributed by atoms with Gasteiger partial charge in [-0.25, -0.2) is 4.39 Å². The van der Waals surface area contributed by atoms with E-state index in [4.69, 9.17) is 16.1 Å². The van der Waals surface area contributed by atoms with Crippen molar-refractivity contribution < 1.29 is 8.91 Å². The SMILES string of the molecule is CCC(NC)c1nc(Cc2ccc(F)cc2Cl)no1. The van der Waals surface area contributed by atoms with Crippen molar-refractivity contribution in [2.75, 3.05) is 7.05 Å². The molecule has 0 saturated heterocycles. The highest BCUT2D eigenvalue weighted by atomic mass is 35.5. The van der Waals surface area contributed by atoms with Crippen LogP contribution in [0.4, 0.5) is 4.39 Å². The Morgan fingerprint density at radius 3 is 2.89 bits per heavy atom. The Morgan fingerprint density at radius 1 is 1.47 bits per heavy atom. The van der Waals surface area contributed by atoms with Crippen molar-refractivity contribution in [2.45, 2.75) is 25.8 Å². The van der Waals surface area contributed by atoms with Gasteiger partial charge in [-0.15, -0.1) is 0 Å². The van der Waals surface area contributed by atoms with Crippen molar-refractivity contribution in [1.82, 2.24) is 15.5 Å². The van der Waals surface area contributed by atoms with Gasteiger partial charge in [0.05, 0.1) is 6.04 Å². The zero-order valence-corrected chi connectivity index (χ0v) is 11.5. The molecule has 0 fully saturated rings. The van der Waals surface area contributed by atoms with Crippen molar-refractivity contribution in [3.05, 3.63) is 46.3 Å². The molecule has 1 unspecified atom stereocenters. The number of benzene rings is 1. The van der Waals surface area contributed by atoms with Gasteiger partial charge in [-0.05, 0) is 31.2 Å². The molecule has 0 amide bonds. The van der Waals surface area contributed by atoms with Crippen molar-refractivity contribution in [1.29, 1.82) is 0 Å². The lowest BCUT2D eigenvalue weighted by Gasteiger charge is -2.06. The van der Waals surface area contributed by atoms with Crippen LogP contribution in [0.2, 0.25) is 5.02 Å². The number of hydrogen-bond donors (Lipinski definition) is 1. The van der Waals surface area contributed by atoms with E-state index in [1.54, 1.807) is 6.07 Å². The van der Waals surface area contributed by atoms with E-state index in [-0.39, 0.29) is 11.9 Å². The molecule has 0 radical (unpaired) electrons. The fraction of sp³-hybridized carbons (Fsp3) is 0.385. The van der Waals surface area contributed by atoms with Crippen LogP contribution in [-0.4, -0.2) is 17.2 Å². The molecule has 6 heteroatoms. The number of rotatable bonds is 5. The van der Waals surface area contributed by atoms with E-state index in [9.17, 15) is 4.39 Å². The van der Waals surface area contributed by atoms with Crippen LogP contribution >= 0.6 is 11.6 Å². The minimum atomic E-state index is -0.358. The molecule has 0 bridgehead atoms. The van der Waals surface area contributed by atoms with Gasteiger partial charge in [0.15, 0.2) is 5.82 Å². The Bertz CT molecular complexity index is 555. The molecule has 1 atom stereocenters. The van der Waals surface area contributed by atoms with Crippen LogP contribution in [0.15, 0.2) is 22.7 Å². The Hall–Kier alpha value is -1.46. The number of hydrogen-bond acceptors (Lipinski definition) is 4. The molecule has 1 N–H and O–H groups in total. The Morgan fingerprint density at radius 2 is 2.26 bits per heavy atom. The monoisotopic (exact) mass is 283 g/mol. The zero-order valence-electron chi connectivity index (χ0n) is 10.8. The number of halogens is 2. The normalized spacial score (nSPS) is 12.6. The summed E-state index contributed by atoms with van der Waals surface area (Å²) < 4.78 is 18.1. The first-order valence-electron chi connectivity index (χ1n) is 6.07. The van der Waals surface area contributed by atoms with Crippen molar-refractivity contribution in [2.24, 2.45) is 0 Å². The van der Waals surface area contributed by atoms with E-state index in [1.807, 2.05) is 14.0 Å². The Kier molecular flexibility index (Phi) is 4.50. The summed E-state index contributed by atoms with van der Waals surface area (Å²) in [5.41, 5.74) is 0.771. The minimum absolute atomic E-state index is 0.0462. The highest BCUT2D eigenvalue weighted by Gasteiger charge is 2.16. The van der Waals surface area contributed by atoms with E-state index < -0.39 is 0 Å². The lowest BCUT2D eigenvalue weighted by atomic mass is 10.1. The van der Waals surface area contributed by atoms with Gasteiger partial charge in [0.25, 0.3) is 0 Å². The summed E-state index contributed by atoms with van der Waals surface area (Å²) in [6, 6.07) is 4.32. The summed E-state index contributed by atoms with van der Waals surface area (Å²) in [5, 5.41) is 7.37. The van der Waals surface area contributed by atoms with Crippen LogP contribution in [0.5, 0.6) is 0 Å². The highest BCUT2D eigenvalue weighted by molar-refractivity contribution is 6.31. The quantitative estimate of drug-likeness (QED) is 0.916. The Balaban J connectivity index is 2.15. The predicted octanol–water partition coefficient (Wildman–Crippen LogP) is 3.12. The minimum Gasteiger partial charge on any atom is -0.338 e.